The van der Waals surface area contributed by atoms with Crippen molar-refractivity contribution in [3.63, 3.8) is 0 Å². The molecule has 1 aliphatic heterocycles. The van der Waals surface area contributed by atoms with Crippen LogP contribution in [0.3, 0.4) is 0 Å². The van der Waals surface area contributed by atoms with E-state index in [1.54, 1.807) is 0 Å². The Hall–Kier alpha value is -1.59. The minimum Gasteiger partial charge on any atom is -0.484 e. The molecule has 1 atom stereocenters. The topological polar surface area (TPSA) is 64.8 Å². The van der Waals surface area contributed by atoms with Gasteiger partial charge in [0.15, 0.2) is 6.61 Å². The molecule has 110 valence electrons. The first-order chi connectivity index (χ1) is 9.63. The van der Waals surface area contributed by atoms with Crippen LogP contribution < -0.4 is 10.5 Å². The Morgan fingerprint density at radius 2 is 2.20 bits per heavy atom. The van der Waals surface area contributed by atoms with Gasteiger partial charge in [0.2, 0.25) is 0 Å². The van der Waals surface area contributed by atoms with Gasteiger partial charge in [-0.2, -0.15) is 0 Å². The van der Waals surface area contributed by atoms with Crippen LogP contribution in [0, 0.1) is 5.92 Å². The van der Waals surface area contributed by atoms with Gasteiger partial charge in [-0.05, 0) is 37.1 Å². The van der Waals surface area contributed by atoms with E-state index in [1.807, 2.05) is 24.3 Å². The van der Waals surface area contributed by atoms with E-state index in [4.69, 9.17) is 15.2 Å². The second kappa shape index (κ2) is 7.26. The molecule has 2 rings (SSSR count). The second-order valence-electron chi connectivity index (χ2n) is 5.33. The van der Waals surface area contributed by atoms with Gasteiger partial charge in [0.05, 0.1) is 6.61 Å². The molecular weight excluding hydrogens is 256 g/mol. The van der Waals surface area contributed by atoms with E-state index < -0.39 is 5.91 Å². The molecule has 1 aliphatic rings. The number of hydrogen-bond donors (Lipinski definition) is 1. The van der Waals surface area contributed by atoms with Gasteiger partial charge in [-0.25, -0.2) is 0 Å². The van der Waals surface area contributed by atoms with Crippen LogP contribution in [0.2, 0.25) is 0 Å². The van der Waals surface area contributed by atoms with Crippen molar-refractivity contribution in [3.8, 4) is 5.75 Å². The smallest absolute Gasteiger partial charge is 0.255 e. The van der Waals surface area contributed by atoms with E-state index in [1.165, 1.54) is 5.56 Å². The number of benzene rings is 1. The Balaban J connectivity index is 1.78. The summed E-state index contributed by atoms with van der Waals surface area (Å²) in [7, 11) is 2.12. The molecule has 5 heteroatoms. The van der Waals surface area contributed by atoms with Crippen LogP contribution in [0.5, 0.6) is 5.75 Å². The van der Waals surface area contributed by atoms with Crippen molar-refractivity contribution in [2.24, 2.45) is 11.7 Å². The Kier molecular flexibility index (Phi) is 5.38. The number of carbonyl (C=O) groups excluding carboxylic acids is 1. The second-order valence-corrected chi connectivity index (χ2v) is 5.33. The van der Waals surface area contributed by atoms with Crippen LogP contribution >= 0.6 is 0 Å². The molecule has 1 unspecified atom stereocenters. The predicted octanol–water partition coefficient (Wildman–Crippen LogP) is 1.02. The normalized spacial score (nSPS) is 18.4. The average molecular weight is 278 g/mol. The van der Waals surface area contributed by atoms with Gasteiger partial charge in [-0.15, -0.1) is 0 Å². The standard InChI is InChI=1S/C15H22N2O3/c1-17(9-13-6-7-19-10-13)8-12-2-4-14(5-3-12)20-11-15(16)18/h2-5,13H,6-11H2,1H3,(H2,16,18). The Morgan fingerprint density at radius 3 is 2.80 bits per heavy atom. The molecule has 1 saturated heterocycles. The molecule has 5 nitrogen and oxygen atoms in total. The Labute approximate surface area is 119 Å². The summed E-state index contributed by atoms with van der Waals surface area (Å²) in [4.78, 5) is 12.9. The van der Waals surface area contributed by atoms with Gasteiger partial charge in [0.1, 0.15) is 5.75 Å². The third kappa shape index (κ3) is 4.83. The van der Waals surface area contributed by atoms with Crippen LogP contribution in [0.15, 0.2) is 24.3 Å². The summed E-state index contributed by atoms with van der Waals surface area (Å²) < 4.78 is 10.6. The van der Waals surface area contributed by atoms with Crippen LogP contribution in [0.4, 0.5) is 0 Å². The molecule has 0 aliphatic carbocycles. The number of hydrogen-bond acceptors (Lipinski definition) is 4. The molecule has 0 bridgehead atoms. The molecule has 1 aromatic rings. The molecule has 1 fully saturated rings. The van der Waals surface area contributed by atoms with Gasteiger partial charge >= 0.3 is 0 Å². The molecule has 0 aromatic heterocycles. The lowest BCUT2D eigenvalue weighted by Crippen LogP contribution is -2.25. The fraction of sp³-hybridized carbons (Fsp3) is 0.533. The number of amides is 1. The maximum Gasteiger partial charge on any atom is 0.255 e. The fourth-order valence-electron chi connectivity index (χ4n) is 2.39. The van der Waals surface area contributed by atoms with E-state index in [-0.39, 0.29) is 6.61 Å². The molecule has 1 aromatic carbocycles. The molecule has 0 spiro atoms. The lowest BCUT2D eigenvalue weighted by atomic mass is 10.1. The molecule has 2 N–H and O–H groups in total. The number of rotatable bonds is 7. The summed E-state index contributed by atoms with van der Waals surface area (Å²) in [6.07, 6.45) is 1.16. The highest BCUT2D eigenvalue weighted by Gasteiger charge is 2.17. The monoisotopic (exact) mass is 278 g/mol. The van der Waals surface area contributed by atoms with Crippen LogP contribution in [0.1, 0.15) is 12.0 Å². The third-order valence-electron chi connectivity index (χ3n) is 3.35. The first kappa shape index (κ1) is 14.8. The van der Waals surface area contributed by atoms with Crippen molar-refractivity contribution in [1.29, 1.82) is 0 Å². The van der Waals surface area contributed by atoms with Crippen molar-refractivity contribution in [2.45, 2.75) is 13.0 Å². The molecular formula is C15H22N2O3. The van der Waals surface area contributed by atoms with Crippen LogP contribution in [-0.4, -0.2) is 44.2 Å². The highest BCUT2D eigenvalue weighted by Crippen LogP contribution is 2.16. The summed E-state index contributed by atoms with van der Waals surface area (Å²) in [6.45, 7) is 3.64. The molecule has 1 heterocycles. The Morgan fingerprint density at radius 1 is 1.45 bits per heavy atom. The molecule has 0 saturated carbocycles. The van der Waals surface area contributed by atoms with E-state index in [9.17, 15) is 4.79 Å². The van der Waals surface area contributed by atoms with Gasteiger partial charge in [-0.1, -0.05) is 12.1 Å². The molecule has 0 radical (unpaired) electrons. The van der Waals surface area contributed by atoms with Crippen LogP contribution in [0.25, 0.3) is 0 Å². The van der Waals surface area contributed by atoms with E-state index >= 15 is 0 Å². The minimum absolute atomic E-state index is 0.0824. The number of ether oxygens (including phenoxy) is 2. The predicted molar refractivity (Wildman–Crippen MR) is 76.4 cm³/mol. The average Bonchev–Trinajstić information content (AvgIpc) is 2.90. The van der Waals surface area contributed by atoms with Crippen molar-refractivity contribution in [2.75, 3.05) is 33.4 Å². The number of carbonyl (C=O) groups is 1. The van der Waals surface area contributed by atoms with Gasteiger partial charge in [0.25, 0.3) is 5.91 Å². The first-order valence-electron chi connectivity index (χ1n) is 6.90. The number of nitrogens with two attached hydrogens (primary N) is 1. The van der Waals surface area contributed by atoms with Crippen molar-refractivity contribution >= 4 is 5.91 Å². The lowest BCUT2D eigenvalue weighted by Gasteiger charge is -2.20. The maximum absolute atomic E-state index is 10.6. The first-order valence-corrected chi connectivity index (χ1v) is 6.90. The highest BCUT2D eigenvalue weighted by molar-refractivity contribution is 5.75. The van der Waals surface area contributed by atoms with Crippen molar-refractivity contribution < 1.29 is 14.3 Å². The summed E-state index contributed by atoms with van der Waals surface area (Å²) in [5.74, 6) is 0.852. The Bertz CT molecular complexity index is 427. The molecule has 20 heavy (non-hydrogen) atoms. The number of nitrogens with zero attached hydrogens (tertiary/aromatic N) is 1. The lowest BCUT2D eigenvalue weighted by molar-refractivity contribution is -0.119. The fourth-order valence-corrected chi connectivity index (χ4v) is 2.39. The minimum atomic E-state index is -0.465. The van der Waals surface area contributed by atoms with Crippen molar-refractivity contribution in [3.05, 3.63) is 29.8 Å². The van der Waals surface area contributed by atoms with E-state index in [0.29, 0.717) is 11.7 Å². The zero-order valence-electron chi connectivity index (χ0n) is 11.9. The quantitative estimate of drug-likeness (QED) is 0.808. The highest BCUT2D eigenvalue weighted by atomic mass is 16.5. The third-order valence-corrected chi connectivity index (χ3v) is 3.35. The van der Waals surface area contributed by atoms with Crippen LogP contribution in [-0.2, 0) is 16.1 Å². The summed E-state index contributed by atoms with van der Waals surface area (Å²) in [5, 5.41) is 0. The molecule has 1 amide bonds. The van der Waals surface area contributed by atoms with Gasteiger partial charge in [-0.3, -0.25) is 4.79 Å². The van der Waals surface area contributed by atoms with Crippen molar-refractivity contribution in [1.82, 2.24) is 4.90 Å². The largest absolute Gasteiger partial charge is 0.484 e. The maximum atomic E-state index is 10.6. The van der Waals surface area contributed by atoms with Gasteiger partial charge < -0.3 is 20.1 Å². The SMILES string of the molecule is CN(Cc1ccc(OCC(N)=O)cc1)CC1CCOC1. The summed E-state index contributed by atoms with van der Waals surface area (Å²) in [5.41, 5.74) is 6.25. The zero-order chi connectivity index (χ0) is 14.4. The summed E-state index contributed by atoms with van der Waals surface area (Å²) in [6, 6.07) is 7.76. The zero-order valence-corrected chi connectivity index (χ0v) is 11.9. The van der Waals surface area contributed by atoms with Gasteiger partial charge in [0, 0.05) is 19.7 Å². The van der Waals surface area contributed by atoms with E-state index in [0.717, 1.165) is 32.7 Å². The number of primary amides is 1. The van der Waals surface area contributed by atoms with E-state index in [2.05, 4.69) is 11.9 Å². The summed E-state index contributed by atoms with van der Waals surface area (Å²) >= 11 is 0.